The average molecular weight is 606 g/mol. The lowest BCUT2D eigenvalue weighted by Crippen LogP contribution is -2.26. The SMILES string of the molecule is O=C(O)CCNC(=O)c1ccc(C(=O)C(CC(=O)c2ccc(SC(F)(F)F)cc2)c2ccc(-c3ccccc3)cc2)cc1. The summed E-state index contributed by atoms with van der Waals surface area (Å²) in [6, 6.07) is 27.7. The standard InChI is InChI=1S/C33H26F3NO5S/c34-33(35,36)43-27-16-14-24(15-17-27)29(38)20-28(23-8-6-22(7-9-23)21-4-2-1-3-5-21)31(41)25-10-12-26(13-11-25)32(42)37-19-18-30(39)40/h1-17,28H,18-20H2,(H,37,42)(H,39,40). The third-order valence-electron chi connectivity index (χ3n) is 6.59. The number of carbonyl (C=O) groups excluding carboxylic acids is 3. The fourth-order valence-electron chi connectivity index (χ4n) is 4.42. The highest BCUT2D eigenvalue weighted by Gasteiger charge is 2.30. The molecule has 0 saturated heterocycles. The molecule has 0 aromatic heterocycles. The Hall–Kier alpha value is -4.70. The van der Waals surface area contributed by atoms with E-state index >= 15 is 0 Å². The maximum atomic E-state index is 13.8. The molecule has 0 heterocycles. The first-order chi connectivity index (χ1) is 20.5. The largest absolute Gasteiger partial charge is 0.481 e. The third kappa shape index (κ3) is 8.89. The number of carbonyl (C=O) groups is 4. The van der Waals surface area contributed by atoms with Gasteiger partial charge >= 0.3 is 11.5 Å². The Labute approximate surface area is 249 Å². The number of rotatable bonds is 12. The van der Waals surface area contributed by atoms with E-state index in [2.05, 4.69) is 5.32 Å². The van der Waals surface area contributed by atoms with Gasteiger partial charge in [0.05, 0.1) is 12.3 Å². The molecule has 0 radical (unpaired) electrons. The van der Waals surface area contributed by atoms with Gasteiger partial charge in [-0.05, 0) is 52.7 Å². The number of ketones is 2. The van der Waals surface area contributed by atoms with Gasteiger partial charge in [0.1, 0.15) is 0 Å². The third-order valence-corrected chi connectivity index (χ3v) is 7.33. The molecule has 10 heteroatoms. The highest BCUT2D eigenvalue weighted by atomic mass is 32.2. The van der Waals surface area contributed by atoms with Crippen LogP contribution in [0.2, 0.25) is 0 Å². The Morgan fingerprint density at radius 3 is 1.86 bits per heavy atom. The molecule has 0 fully saturated rings. The molecule has 1 atom stereocenters. The number of carboxylic acids is 1. The zero-order valence-corrected chi connectivity index (χ0v) is 23.5. The fraction of sp³-hybridized carbons (Fsp3) is 0.152. The smallest absolute Gasteiger partial charge is 0.446 e. The first-order valence-corrected chi connectivity index (χ1v) is 14.0. The van der Waals surface area contributed by atoms with Crippen LogP contribution in [0.5, 0.6) is 0 Å². The van der Waals surface area contributed by atoms with Gasteiger partial charge in [0.15, 0.2) is 11.6 Å². The van der Waals surface area contributed by atoms with Gasteiger partial charge in [0.2, 0.25) is 0 Å². The van der Waals surface area contributed by atoms with E-state index < -0.39 is 29.1 Å². The highest BCUT2D eigenvalue weighted by Crippen LogP contribution is 2.37. The first kappa shape index (κ1) is 31.2. The Kier molecular flexibility index (Phi) is 10.2. The Bertz CT molecular complexity index is 1590. The van der Waals surface area contributed by atoms with Crippen molar-refractivity contribution in [2.24, 2.45) is 0 Å². The molecule has 1 amide bonds. The molecule has 1 unspecified atom stereocenters. The minimum atomic E-state index is -4.45. The van der Waals surface area contributed by atoms with E-state index in [0.717, 1.165) is 11.1 Å². The zero-order valence-electron chi connectivity index (χ0n) is 22.6. The van der Waals surface area contributed by atoms with Crippen molar-refractivity contribution in [1.82, 2.24) is 5.32 Å². The van der Waals surface area contributed by atoms with Crippen LogP contribution in [-0.4, -0.2) is 40.6 Å². The molecule has 43 heavy (non-hydrogen) atoms. The summed E-state index contributed by atoms with van der Waals surface area (Å²) in [5.41, 5.74) is -1.32. The van der Waals surface area contributed by atoms with Gasteiger partial charge in [-0.15, -0.1) is 0 Å². The minimum Gasteiger partial charge on any atom is -0.481 e. The summed E-state index contributed by atoms with van der Waals surface area (Å²) in [5, 5.41) is 11.2. The van der Waals surface area contributed by atoms with E-state index in [9.17, 15) is 32.3 Å². The molecule has 4 aromatic carbocycles. The number of amides is 1. The molecule has 0 bridgehead atoms. The number of nitrogens with one attached hydrogen (secondary N) is 1. The van der Waals surface area contributed by atoms with Crippen molar-refractivity contribution in [3.63, 3.8) is 0 Å². The Balaban J connectivity index is 1.58. The number of aliphatic carboxylic acids is 1. The number of hydrogen-bond donors (Lipinski definition) is 2. The number of benzene rings is 4. The topological polar surface area (TPSA) is 101 Å². The number of hydrogen-bond acceptors (Lipinski definition) is 5. The Morgan fingerprint density at radius 2 is 1.28 bits per heavy atom. The van der Waals surface area contributed by atoms with Crippen molar-refractivity contribution in [2.75, 3.05) is 6.54 Å². The number of Topliss-reactive ketones (excluding diaryl/α,β-unsaturated/α-hetero) is 2. The molecule has 0 aliphatic heterocycles. The van der Waals surface area contributed by atoms with Crippen molar-refractivity contribution in [3.8, 4) is 11.1 Å². The van der Waals surface area contributed by atoms with E-state index in [-0.39, 0.29) is 58.5 Å². The van der Waals surface area contributed by atoms with Crippen LogP contribution in [0, 0.1) is 0 Å². The molecule has 0 spiro atoms. The molecular formula is C33H26F3NO5S. The average Bonchev–Trinajstić information content (AvgIpc) is 2.99. The molecule has 4 rings (SSSR count). The molecule has 220 valence electrons. The molecular weight excluding hydrogens is 579 g/mol. The van der Waals surface area contributed by atoms with Crippen LogP contribution in [0.15, 0.2) is 108 Å². The van der Waals surface area contributed by atoms with Crippen molar-refractivity contribution < 1.29 is 37.5 Å². The number of alkyl halides is 3. The maximum Gasteiger partial charge on any atom is 0.446 e. The van der Waals surface area contributed by atoms with E-state index in [1.807, 2.05) is 42.5 Å². The van der Waals surface area contributed by atoms with Crippen LogP contribution in [0.1, 0.15) is 55.4 Å². The first-order valence-electron chi connectivity index (χ1n) is 13.2. The summed E-state index contributed by atoms with van der Waals surface area (Å²) >= 11 is -0.278. The number of thioether (sulfide) groups is 1. The number of carboxylic acid groups (broad SMARTS) is 1. The summed E-state index contributed by atoms with van der Waals surface area (Å²) in [5.74, 6) is -3.23. The van der Waals surface area contributed by atoms with Crippen molar-refractivity contribution in [1.29, 1.82) is 0 Å². The van der Waals surface area contributed by atoms with Crippen LogP contribution in [0.25, 0.3) is 11.1 Å². The Morgan fingerprint density at radius 1 is 0.721 bits per heavy atom. The van der Waals surface area contributed by atoms with Gasteiger partial charge in [-0.3, -0.25) is 19.2 Å². The number of halogens is 3. The van der Waals surface area contributed by atoms with Gasteiger partial charge in [-0.1, -0.05) is 78.9 Å². The van der Waals surface area contributed by atoms with Crippen LogP contribution in [0.3, 0.4) is 0 Å². The zero-order chi connectivity index (χ0) is 31.0. The maximum absolute atomic E-state index is 13.8. The summed E-state index contributed by atoms with van der Waals surface area (Å²) in [6.07, 6.45) is -0.461. The molecule has 2 N–H and O–H groups in total. The fourth-order valence-corrected chi connectivity index (χ4v) is 4.96. The predicted molar refractivity (Wildman–Crippen MR) is 157 cm³/mol. The van der Waals surface area contributed by atoms with E-state index in [1.165, 1.54) is 48.5 Å². The van der Waals surface area contributed by atoms with Crippen molar-refractivity contribution in [3.05, 3.63) is 125 Å². The molecule has 4 aromatic rings. The molecule has 0 aliphatic rings. The van der Waals surface area contributed by atoms with Crippen molar-refractivity contribution in [2.45, 2.75) is 29.2 Å². The lowest BCUT2D eigenvalue weighted by atomic mass is 9.84. The monoisotopic (exact) mass is 605 g/mol. The quantitative estimate of drug-likeness (QED) is 0.129. The van der Waals surface area contributed by atoms with Gasteiger partial charge in [-0.2, -0.15) is 13.2 Å². The van der Waals surface area contributed by atoms with Crippen LogP contribution >= 0.6 is 11.8 Å². The van der Waals surface area contributed by atoms with E-state index in [1.54, 1.807) is 12.1 Å². The summed E-state index contributed by atoms with van der Waals surface area (Å²) in [6.45, 7) is -0.0477. The minimum absolute atomic E-state index is 0.0477. The van der Waals surface area contributed by atoms with E-state index in [4.69, 9.17) is 5.11 Å². The lowest BCUT2D eigenvalue weighted by molar-refractivity contribution is -0.136. The van der Waals surface area contributed by atoms with Crippen LogP contribution in [0.4, 0.5) is 13.2 Å². The highest BCUT2D eigenvalue weighted by molar-refractivity contribution is 8.00. The van der Waals surface area contributed by atoms with Crippen molar-refractivity contribution >= 4 is 35.2 Å². The second kappa shape index (κ2) is 14.0. The molecule has 6 nitrogen and oxygen atoms in total. The van der Waals surface area contributed by atoms with Gasteiger partial charge in [-0.25, -0.2) is 0 Å². The van der Waals surface area contributed by atoms with Gasteiger partial charge in [0.25, 0.3) is 5.91 Å². The molecule has 0 saturated carbocycles. The van der Waals surface area contributed by atoms with Crippen LogP contribution < -0.4 is 5.32 Å². The second-order valence-electron chi connectivity index (χ2n) is 9.58. The van der Waals surface area contributed by atoms with Crippen LogP contribution in [-0.2, 0) is 4.79 Å². The summed E-state index contributed by atoms with van der Waals surface area (Å²) < 4.78 is 38.1. The summed E-state index contributed by atoms with van der Waals surface area (Å²) in [4.78, 5) is 50.0. The predicted octanol–water partition coefficient (Wildman–Crippen LogP) is 7.41. The van der Waals surface area contributed by atoms with E-state index in [0.29, 0.717) is 5.56 Å². The van der Waals surface area contributed by atoms with Gasteiger partial charge in [0, 0.05) is 34.6 Å². The van der Waals surface area contributed by atoms with Gasteiger partial charge < -0.3 is 10.4 Å². The second-order valence-corrected chi connectivity index (χ2v) is 10.7. The summed E-state index contributed by atoms with van der Waals surface area (Å²) in [7, 11) is 0. The lowest BCUT2D eigenvalue weighted by Gasteiger charge is -2.17. The molecule has 0 aliphatic carbocycles. The normalized spacial score (nSPS) is 11.9.